The summed E-state index contributed by atoms with van der Waals surface area (Å²) < 4.78 is 16.1. The predicted octanol–water partition coefficient (Wildman–Crippen LogP) is 3.21. The Morgan fingerprint density at radius 2 is 1.72 bits per heavy atom. The normalized spacial score (nSPS) is 15.9. The molecule has 1 fully saturated rings. The van der Waals surface area contributed by atoms with E-state index in [2.05, 4.69) is 4.98 Å². The van der Waals surface area contributed by atoms with Crippen LogP contribution in [0.15, 0.2) is 18.3 Å². The Kier molecular flexibility index (Phi) is 9.36. The van der Waals surface area contributed by atoms with Crippen molar-refractivity contribution >= 4 is 29.8 Å². The minimum absolute atomic E-state index is 0.137. The predicted molar refractivity (Wildman–Crippen MR) is 136 cm³/mol. The number of nitrogens with two attached hydrogens (primary N) is 1. The number of ether oxygens (including phenoxy) is 3. The number of cyclic esters (lactones) is 1. The van der Waals surface area contributed by atoms with E-state index in [4.69, 9.17) is 19.9 Å². The van der Waals surface area contributed by atoms with E-state index in [0.717, 1.165) is 5.01 Å². The summed E-state index contributed by atoms with van der Waals surface area (Å²) in [5.74, 6) is 0.647. The summed E-state index contributed by atoms with van der Waals surface area (Å²) in [6.45, 7) is 14.2. The molecular formula is C24H40N6O6. The van der Waals surface area contributed by atoms with Crippen LogP contribution in [0.5, 0.6) is 0 Å². The third-order valence-electron chi connectivity index (χ3n) is 5.09. The van der Waals surface area contributed by atoms with Crippen molar-refractivity contribution < 1.29 is 28.6 Å². The van der Waals surface area contributed by atoms with Gasteiger partial charge in [-0.1, -0.05) is 0 Å². The zero-order valence-corrected chi connectivity index (χ0v) is 22.6. The molecule has 1 aliphatic heterocycles. The Labute approximate surface area is 213 Å². The molecule has 2 rings (SSSR count). The quantitative estimate of drug-likeness (QED) is 0.436. The van der Waals surface area contributed by atoms with Crippen molar-refractivity contribution in [2.24, 2.45) is 5.73 Å². The van der Waals surface area contributed by atoms with Crippen molar-refractivity contribution in [1.82, 2.24) is 15.0 Å². The molecule has 3 amide bonds. The van der Waals surface area contributed by atoms with E-state index in [1.54, 1.807) is 59.9 Å². The van der Waals surface area contributed by atoms with Crippen molar-refractivity contribution in [1.29, 1.82) is 0 Å². The molecule has 1 saturated heterocycles. The first kappa shape index (κ1) is 29.0. The van der Waals surface area contributed by atoms with Gasteiger partial charge in [0.05, 0.1) is 25.0 Å². The van der Waals surface area contributed by atoms with Crippen LogP contribution in [0.3, 0.4) is 0 Å². The van der Waals surface area contributed by atoms with Crippen LogP contribution in [0.1, 0.15) is 48.5 Å². The third kappa shape index (κ3) is 8.14. The lowest BCUT2D eigenvalue weighted by atomic mass is 10.2. The van der Waals surface area contributed by atoms with Gasteiger partial charge < -0.3 is 24.8 Å². The molecule has 0 radical (unpaired) electrons. The number of anilines is 2. The van der Waals surface area contributed by atoms with Crippen LogP contribution in [0.25, 0.3) is 0 Å². The maximum absolute atomic E-state index is 12.9. The second-order valence-electron chi connectivity index (χ2n) is 10.4. The fraction of sp³-hybridized carbons (Fsp3) is 0.667. The summed E-state index contributed by atoms with van der Waals surface area (Å²) in [5.41, 5.74) is 4.74. The summed E-state index contributed by atoms with van der Waals surface area (Å²) >= 11 is 0. The van der Waals surface area contributed by atoms with Crippen LogP contribution in [0, 0.1) is 0 Å². The number of likely N-dealkylation sites (N-methyl/N-ethyl adjacent to an activating group) is 1. The van der Waals surface area contributed by atoms with Crippen LogP contribution in [-0.4, -0.2) is 90.4 Å². The molecule has 2 N–H and O–H groups in total. The zero-order valence-electron chi connectivity index (χ0n) is 22.6. The molecule has 12 nitrogen and oxygen atoms in total. The van der Waals surface area contributed by atoms with Crippen molar-refractivity contribution in [2.45, 2.75) is 65.8 Å². The first-order valence-electron chi connectivity index (χ1n) is 12.0. The molecule has 1 atom stereocenters. The molecule has 12 heteroatoms. The summed E-state index contributed by atoms with van der Waals surface area (Å²) in [5, 5.41) is 2.33. The largest absolute Gasteiger partial charge is 0.443 e. The number of rotatable bonds is 7. The number of hydrazine groups is 1. The maximum atomic E-state index is 12.9. The Morgan fingerprint density at radius 1 is 1.11 bits per heavy atom. The molecule has 0 bridgehead atoms. The lowest BCUT2D eigenvalue weighted by Crippen LogP contribution is -2.53. The highest BCUT2D eigenvalue weighted by atomic mass is 16.6. The van der Waals surface area contributed by atoms with Gasteiger partial charge in [0, 0.05) is 26.7 Å². The van der Waals surface area contributed by atoms with Gasteiger partial charge in [0.1, 0.15) is 23.1 Å². The summed E-state index contributed by atoms with van der Waals surface area (Å²) in [4.78, 5) is 45.6. The van der Waals surface area contributed by atoms with E-state index in [1.807, 2.05) is 11.8 Å². The monoisotopic (exact) mass is 508 g/mol. The van der Waals surface area contributed by atoms with Crippen molar-refractivity contribution in [3.63, 3.8) is 0 Å². The molecule has 1 aromatic heterocycles. The number of nitrogens with zero attached hydrogens (tertiary/aromatic N) is 5. The molecule has 0 spiro atoms. The van der Waals surface area contributed by atoms with Gasteiger partial charge in [0.25, 0.3) is 0 Å². The van der Waals surface area contributed by atoms with E-state index < -0.39 is 29.5 Å². The Hall–Kier alpha value is -3.28. The summed E-state index contributed by atoms with van der Waals surface area (Å²) in [6, 6.07) is 3.57. The Morgan fingerprint density at radius 3 is 2.19 bits per heavy atom. The topological polar surface area (TPSA) is 131 Å². The Bertz CT molecular complexity index is 911. The zero-order chi connectivity index (χ0) is 27.3. The molecule has 1 aromatic rings. The average Bonchev–Trinajstić information content (AvgIpc) is 3.15. The van der Waals surface area contributed by atoms with E-state index in [-0.39, 0.29) is 19.2 Å². The minimum Gasteiger partial charge on any atom is -0.443 e. The number of carbonyl (C=O) groups excluding carboxylic acids is 3. The smallest absolute Gasteiger partial charge is 0.429 e. The van der Waals surface area contributed by atoms with Gasteiger partial charge in [-0.05, 0) is 60.6 Å². The molecule has 1 aliphatic rings. The maximum Gasteiger partial charge on any atom is 0.429 e. The van der Waals surface area contributed by atoms with Gasteiger partial charge in [-0.3, -0.25) is 4.90 Å². The second-order valence-corrected chi connectivity index (χ2v) is 10.4. The fourth-order valence-corrected chi connectivity index (χ4v) is 3.34. The molecule has 0 aromatic carbocycles. The number of aromatic nitrogens is 1. The number of hydrogen-bond donors (Lipinski definition) is 1. The third-order valence-corrected chi connectivity index (χ3v) is 5.09. The number of amides is 3. The van der Waals surface area contributed by atoms with Crippen LogP contribution < -0.4 is 15.5 Å². The highest BCUT2D eigenvalue weighted by Gasteiger charge is 2.32. The standard InChI is InChI=1S/C24H40N6O6/c1-9-28(19-11-10-17(15-26-19)29-16-18(14-25)34-21(29)32)12-13-30(22(33)36-24(5,6)7)27(8)20(31)35-23(2,3)4/h10-11,15,18H,9,12-14,16,25H2,1-8H3/t18-/m0/s1. The van der Waals surface area contributed by atoms with Gasteiger partial charge in [0.2, 0.25) is 0 Å². The van der Waals surface area contributed by atoms with E-state index in [0.29, 0.717) is 31.1 Å². The fourth-order valence-electron chi connectivity index (χ4n) is 3.34. The van der Waals surface area contributed by atoms with Crippen LogP contribution in [-0.2, 0) is 14.2 Å². The highest BCUT2D eigenvalue weighted by molar-refractivity contribution is 5.89. The van der Waals surface area contributed by atoms with Gasteiger partial charge in [-0.25, -0.2) is 29.4 Å². The number of pyridine rings is 1. The van der Waals surface area contributed by atoms with Crippen LogP contribution >= 0.6 is 0 Å². The van der Waals surface area contributed by atoms with Crippen LogP contribution in [0.4, 0.5) is 25.9 Å². The van der Waals surface area contributed by atoms with Crippen molar-refractivity contribution in [2.75, 3.05) is 49.6 Å². The highest BCUT2D eigenvalue weighted by Crippen LogP contribution is 2.23. The SMILES string of the molecule is CCN(CCN(C(=O)OC(C)(C)C)N(C)C(=O)OC(C)(C)C)c1ccc(N2C[C@H](CN)OC2=O)cn1. The van der Waals surface area contributed by atoms with Gasteiger partial charge in [-0.2, -0.15) is 0 Å². The van der Waals surface area contributed by atoms with Gasteiger partial charge in [0.15, 0.2) is 0 Å². The molecular weight excluding hydrogens is 468 g/mol. The van der Waals surface area contributed by atoms with Crippen molar-refractivity contribution in [3.8, 4) is 0 Å². The first-order chi connectivity index (χ1) is 16.6. The van der Waals surface area contributed by atoms with Gasteiger partial charge in [-0.15, -0.1) is 0 Å². The number of hydrogen-bond acceptors (Lipinski definition) is 9. The van der Waals surface area contributed by atoms with Crippen LogP contribution in [0.2, 0.25) is 0 Å². The summed E-state index contributed by atoms with van der Waals surface area (Å²) in [6.07, 6.45) is -0.545. The minimum atomic E-state index is -0.744. The first-order valence-corrected chi connectivity index (χ1v) is 12.0. The number of carbonyl (C=O) groups is 3. The van der Waals surface area contributed by atoms with Gasteiger partial charge >= 0.3 is 18.3 Å². The molecule has 202 valence electrons. The van der Waals surface area contributed by atoms with E-state index in [9.17, 15) is 14.4 Å². The van der Waals surface area contributed by atoms with Crippen molar-refractivity contribution in [3.05, 3.63) is 18.3 Å². The van der Waals surface area contributed by atoms with E-state index in [1.165, 1.54) is 17.0 Å². The molecule has 2 heterocycles. The lowest BCUT2D eigenvalue weighted by molar-refractivity contribution is -0.0516. The lowest BCUT2D eigenvalue weighted by Gasteiger charge is -2.35. The summed E-state index contributed by atoms with van der Waals surface area (Å²) in [7, 11) is 1.46. The average molecular weight is 509 g/mol. The second kappa shape index (κ2) is 11.6. The molecule has 0 unspecified atom stereocenters. The molecule has 0 saturated carbocycles. The molecule has 0 aliphatic carbocycles. The van der Waals surface area contributed by atoms with E-state index >= 15 is 0 Å². The Balaban J connectivity index is 2.15. The molecule has 36 heavy (non-hydrogen) atoms.